The molecule has 0 fully saturated rings. The molecule has 0 aliphatic rings. The van der Waals surface area contributed by atoms with Crippen molar-refractivity contribution in [1.82, 2.24) is 0 Å². The summed E-state index contributed by atoms with van der Waals surface area (Å²) in [5, 5.41) is 0. The summed E-state index contributed by atoms with van der Waals surface area (Å²) in [6.45, 7) is 10.5. The van der Waals surface area contributed by atoms with E-state index in [1.807, 2.05) is 0 Å². The first-order valence-corrected chi connectivity index (χ1v) is 6.52. The van der Waals surface area contributed by atoms with Gasteiger partial charge in [-0.15, -0.1) is 6.58 Å². The Labute approximate surface area is 106 Å². The Morgan fingerprint density at radius 3 is 2.18 bits per heavy atom. The molecule has 0 saturated carbocycles. The summed E-state index contributed by atoms with van der Waals surface area (Å²) >= 11 is 0. The van der Waals surface area contributed by atoms with E-state index in [0.717, 1.165) is 19.3 Å². The minimum Gasteiger partial charge on any atom is -0.327 e. The Balaban J connectivity index is 3.08. The standard InChI is InChI=1S/C16H25N/c1-5-16(6-2,15(17)12-13(3)4)14-10-8-7-9-11-14/h7-11,15H,3,5-6,12,17H2,1-2,4H3. The lowest BCUT2D eigenvalue weighted by atomic mass is 9.69. The first kappa shape index (κ1) is 14.0. The maximum absolute atomic E-state index is 6.45. The van der Waals surface area contributed by atoms with E-state index in [1.54, 1.807) is 0 Å². The van der Waals surface area contributed by atoms with E-state index in [4.69, 9.17) is 5.73 Å². The first-order chi connectivity index (χ1) is 8.06. The van der Waals surface area contributed by atoms with Gasteiger partial charge in [0.2, 0.25) is 0 Å². The van der Waals surface area contributed by atoms with Gasteiger partial charge in [0.15, 0.2) is 0 Å². The van der Waals surface area contributed by atoms with Crippen molar-refractivity contribution in [3.63, 3.8) is 0 Å². The molecular weight excluding hydrogens is 206 g/mol. The van der Waals surface area contributed by atoms with Crippen LogP contribution in [0.1, 0.15) is 45.6 Å². The van der Waals surface area contributed by atoms with Crippen molar-refractivity contribution < 1.29 is 0 Å². The topological polar surface area (TPSA) is 26.0 Å². The fourth-order valence-corrected chi connectivity index (χ4v) is 2.74. The zero-order valence-electron chi connectivity index (χ0n) is 11.4. The van der Waals surface area contributed by atoms with E-state index in [0.29, 0.717) is 0 Å². The molecule has 1 rings (SSSR count). The fourth-order valence-electron chi connectivity index (χ4n) is 2.74. The maximum Gasteiger partial charge on any atom is 0.0173 e. The molecule has 1 nitrogen and oxygen atoms in total. The van der Waals surface area contributed by atoms with Crippen molar-refractivity contribution in [3.8, 4) is 0 Å². The van der Waals surface area contributed by atoms with Gasteiger partial charge in [-0.1, -0.05) is 49.8 Å². The Hall–Kier alpha value is -1.08. The van der Waals surface area contributed by atoms with Crippen LogP contribution in [0.2, 0.25) is 0 Å². The van der Waals surface area contributed by atoms with Crippen molar-refractivity contribution in [3.05, 3.63) is 48.0 Å². The van der Waals surface area contributed by atoms with Gasteiger partial charge in [-0.2, -0.15) is 0 Å². The molecule has 1 heteroatoms. The van der Waals surface area contributed by atoms with Gasteiger partial charge in [-0.05, 0) is 31.7 Å². The van der Waals surface area contributed by atoms with Gasteiger partial charge in [0.1, 0.15) is 0 Å². The summed E-state index contributed by atoms with van der Waals surface area (Å²) < 4.78 is 0. The first-order valence-electron chi connectivity index (χ1n) is 6.52. The summed E-state index contributed by atoms with van der Waals surface area (Å²) in [6.07, 6.45) is 3.04. The minimum absolute atomic E-state index is 0.0835. The number of rotatable bonds is 6. The van der Waals surface area contributed by atoms with Gasteiger partial charge in [-0.25, -0.2) is 0 Å². The van der Waals surface area contributed by atoms with Crippen molar-refractivity contribution in [2.75, 3.05) is 0 Å². The summed E-state index contributed by atoms with van der Waals surface area (Å²) in [7, 11) is 0. The number of nitrogens with two attached hydrogens (primary N) is 1. The third-order valence-electron chi connectivity index (χ3n) is 3.89. The summed E-state index contributed by atoms with van der Waals surface area (Å²) in [5.41, 5.74) is 9.06. The molecule has 0 aliphatic carbocycles. The monoisotopic (exact) mass is 231 g/mol. The van der Waals surface area contributed by atoms with Crippen LogP contribution in [0, 0.1) is 0 Å². The molecule has 1 aromatic carbocycles. The quantitative estimate of drug-likeness (QED) is 0.735. The van der Waals surface area contributed by atoms with Crippen molar-refractivity contribution in [2.24, 2.45) is 5.73 Å². The molecule has 0 bridgehead atoms. The second-order valence-corrected chi connectivity index (χ2v) is 5.00. The molecular formula is C16H25N. The normalized spacial score (nSPS) is 13.4. The Kier molecular flexibility index (Phi) is 4.95. The largest absolute Gasteiger partial charge is 0.327 e. The van der Waals surface area contributed by atoms with Gasteiger partial charge < -0.3 is 5.73 Å². The van der Waals surface area contributed by atoms with Crippen LogP contribution in [-0.2, 0) is 5.41 Å². The number of hydrogen-bond acceptors (Lipinski definition) is 1. The smallest absolute Gasteiger partial charge is 0.0173 e. The second-order valence-electron chi connectivity index (χ2n) is 5.00. The van der Waals surface area contributed by atoms with Gasteiger partial charge in [0, 0.05) is 11.5 Å². The molecule has 2 N–H and O–H groups in total. The third kappa shape index (κ3) is 2.98. The van der Waals surface area contributed by atoms with Crippen molar-refractivity contribution >= 4 is 0 Å². The van der Waals surface area contributed by atoms with Crippen LogP contribution in [0.4, 0.5) is 0 Å². The Morgan fingerprint density at radius 2 is 1.76 bits per heavy atom. The average molecular weight is 231 g/mol. The zero-order chi connectivity index (χ0) is 12.9. The van der Waals surface area contributed by atoms with E-state index in [2.05, 4.69) is 57.7 Å². The van der Waals surface area contributed by atoms with Gasteiger partial charge in [0.25, 0.3) is 0 Å². The van der Waals surface area contributed by atoms with Gasteiger partial charge >= 0.3 is 0 Å². The zero-order valence-corrected chi connectivity index (χ0v) is 11.4. The lowest BCUT2D eigenvalue weighted by Crippen LogP contribution is -2.44. The molecule has 94 valence electrons. The predicted octanol–water partition coefficient (Wildman–Crippen LogP) is 4.04. The lowest BCUT2D eigenvalue weighted by Gasteiger charge is -2.38. The highest BCUT2D eigenvalue weighted by molar-refractivity contribution is 5.28. The van der Waals surface area contributed by atoms with Crippen LogP contribution >= 0.6 is 0 Å². The second kappa shape index (κ2) is 6.02. The molecule has 0 aromatic heterocycles. The Morgan fingerprint density at radius 1 is 1.24 bits per heavy atom. The lowest BCUT2D eigenvalue weighted by molar-refractivity contribution is 0.315. The van der Waals surface area contributed by atoms with Crippen LogP contribution in [-0.4, -0.2) is 6.04 Å². The minimum atomic E-state index is 0.0835. The fraction of sp³-hybridized carbons (Fsp3) is 0.500. The molecule has 17 heavy (non-hydrogen) atoms. The molecule has 0 spiro atoms. The summed E-state index contributed by atoms with van der Waals surface area (Å²) in [4.78, 5) is 0. The van der Waals surface area contributed by atoms with Crippen LogP contribution in [0.3, 0.4) is 0 Å². The highest BCUT2D eigenvalue weighted by Crippen LogP contribution is 2.36. The molecule has 1 unspecified atom stereocenters. The molecule has 0 aliphatic heterocycles. The van der Waals surface area contributed by atoms with Crippen LogP contribution in [0.5, 0.6) is 0 Å². The third-order valence-corrected chi connectivity index (χ3v) is 3.89. The van der Waals surface area contributed by atoms with Crippen LogP contribution < -0.4 is 5.73 Å². The molecule has 0 saturated heterocycles. The van der Waals surface area contributed by atoms with E-state index in [-0.39, 0.29) is 11.5 Å². The number of hydrogen-bond donors (Lipinski definition) is 1. The van der Waals surface area contributed by atoms with Gasteiger partial charge in [-0.3, -0.25) is 0 Å². The average Bonchev–Trinajstić information content (AvgIpc) is 2.32. The summed E-state index contributed by atoms with van der Waals surface area (Å²) in [5.74, 6) is 0. The number of benzene rings is 1. The maximum atomic E-state index is 6.45. The van der Waals surface area contributed by atoms with Crippen LogP contribution in [0.25, 0.3) is 0 Å². The van der Waals surface area contributed by atoms with E-state index in [1.165, 1.54) is 11.1 Å². The summed E-state index contributed by atoms with van der Waals surface area (Å²) in [6, 6.07) is 10.8. The molecule has 0 radical (unpaired) electrons. The van der Waals surface area contributed by atoms with Gasteiger partial charge in [0.05, 0.1) is 0 Å². The molecule has 1 aromatic rings. The molecule has 1 atom stereocenters. The highest BCUT2D eigenvalue weighted by atomic mass is 14.7. The Bertz CT molecular complexity index is 349. The molecule has 0 amide bonds. The van der Waals surface area contributed by atoms with Crippen molar-refractivity contribution in [1.29, 1.82) is 0 Å². The van der Waals surface area contributed by atoms with E-state index >= 15 is 0 Å². The van der Waals surface area contributed by atoms with E-state index < -0.39 is 0 Å². The highest BCUT2D eigenvalue weighted by Gasteiger charge is 2.34. The van der Waals surface area contributed by atoms with E-state index in [9.17, 15) is 0 Å². The van der Waals surface area contributed by atoms with Crippen LogP contribution in [0.15, 0.2) is 42.5 Å². The predicted molar refractivity (Wildman–Crippen MR) is 76.1 cm³/mol. The SMILES string of the molecule is C=C(C)CC(N)C(CC)(CC)c1ccccc1. The van der Waals surface area contributed by atoms with Crippen molar-refractivity contribution in [2.45, 2.75) is 51.5 Å². The molecule has 0 heterocycles.